The molecule has 0 atom stereocenters. The van der Waals surface area contributed by atoms with Crippen LogP contribution in [0.3, 0.4) is 0 Å². The Labute approximate surface area is 175 Å². The van der Waals surface area contributed by atoms with Gasteiger partial charge in [0.15, 0.2) is 17.2 Å². The van der Waals surface area contributed by atoms with E-state index < -0.39 is 17.4 Å². The van der Waals surface area contributed by atoms with Gasteiger partial charge < -0.3 is 9.15 Å². The summed E-state index contributed by atoms with van der Waals surface area (Å²) in [5.74, 6) is -2.50. The fourth-order valence-electron chi connectivity index (χ4n) is 4.97. The van der Waals surface area contributed by atoms with Crippen LogP contribution in [0.5, 0.6) is 0 Å². The maximum absolute atomic E-state index is 13.7. The van der Waals surface area contributed by atoms with Crippen LogP contribution < -0.4 is 5.76 Å². The van der Waals surface area contributed by atoms with E-state index in [4.69, 9.17) is 9.15 Å². The van der Waals surface area contributed by atoms with Crippen LogP contribution in [0.15, 0.2) is 21.3 Å². The number of fused-ring (bicyclic) bond motifs is 1. The fourth-order valence-corrected chi connectivity index (χ4v) is 4.97. The second-order valence-corrected chi connectivity index (χ2v) is 8.34. The molecule has 1 aliphatic heterocycles. The highest BCUT2D eigenvalue weighted by Gasteiger charge is 2.38. The summed E-state index contributed by atoms with van der Waals surface area (Å²) in [5, 5.41) is 0. The first-order valence-corrected chi connectivity index (χ1v) is 10.3. The first-order chi connectivity index (χ1) is 13.4. The van der Waals surface area contributed by atoms with E-state index in [9.17, 15) is 13.6 Å². The molecule has 0 bridgehead atoms. The molecule has 2 heterocycles. The van der Waals surface area contributed by atoms with Gasteiger partial charge in [-0.25, -0.2) is 13.6 Å². The minimum absolute atomic E-state index is 0. The number of hydrogen-bond donors (Lipinski definition) is 0. The highest BCUT2D eigenvalue weighted by atomic mass is 35.5. The third-order valence-corrected chi connectivity index (χ3v) is 6.66. The average molecular weight is 431 g/mol. The Kier molecular flexibility index (Phi) is 6.70. The normalized spacial score (nSPS) is 26.6. The second-order valence-electron chi connectivity index (χ2n) is 8.34. The molecule has 162 valence electrons. The van der Waals surface area contributed by atoms with Gasteiger partial charge in [-0.3, -0.25) is 9.47 Å². The van der Waals surface area contributed by atoms with Gasteiger partial charge in [-0.15, -0.1) is 12.4 Å². The molecule has 4 rings (SSSR count). The van der Waals surface area contributed by atoms with Gasteiger partial charge in [-0.1, -0.05) is 0 Å². The van der Waals surface area contributed by atoms with Crippen LogP contribution in [0.4, 0.5) is 8.78 Å². The Hall–Kier alpha value is -1.44. The summed E-state index contributed by atoms with van der Waals surface area (Å²) >= 11 is 0. The predicted molar refractivity (Wildman–Crippen MR) is 110 cm³/mol. The number of piperidine rings is 1. The molecule has 2 aromatic rings. The Bertz CT molecular complexity index is 897. The lowest BCUT2D eigenvalue weighted by Gasteiger charge is -2.48. The molecule has 29 heavy (non-hydrogen) atoms. The van der Waals surface area contributed by atoms with Crippen LogP contribution in [0.1, 0.15) is 58.4 Å². The molecule has 0 unspecified atom stereocenters. The SMILES string of the molecule is CCO[C@H]1CC[C@](C)(N2CCC(n3c(=O)oc4cc(F)c(F)cc43)CC2)CC1.Cl. The smallest absolute Gasteiger partial charge is 0.408 e. The summed E-state index contributed by atoms with van der Waals surface area (Å²) in [6.45, 7) is 6.89. The Morgan fingerprint density at radius 2 is 1.76 bits per heavy atom. The fraction of sp³-hybridized carbons (Fsp3) is 0.667. The molecule has 2 aliphatic rings. The van der Waals surface area contributed by atoms with Crippen LogP contribution in [-0.4, -0.2) is 40.8 Å². The molecule has 0 spiro atoms. The van der Waals surface area contributed by atoms with Gasteiger partial charge in [0.05, 0.1) is 11.6 Å². The molecule has 1 aromatic heterocycles. The molecule has 1 saturated carbocycles. The first kappa shape index (κ1) is 22.2. The number of oxazole rings is 1. The third-order valence-electron chi connectivity index (χ3n) is 6.66. The van der Waals surface area contributed by atoms with Crippen molar-refractivity contribution in [2.24, 2.45) is 0 Å². The van der Waals surface area contributed by atoms with Crippen LogP contribution in [0.2, 0.25) is 0 Å². The second kappa shape index (κ2) is 8.74. The zero-order chi connectivity index (χ0) is 19.9. The van der Waals surface area contributed by atoms with Crippen molar-refractivity contribution in [1.82, 2.24) is 9.47 Å². The topological polar surface area (TPSA) is 47.6 Å². The summed E-state index contributed by atoms with van der Waals surface area (Å²) < 4.78 is 39.6. The molecular formula is C21H29ClF2N2O3. The molecule has 2 fully saturated rings. The van der Waals surface area contributed by atoms with E-state index in [0.717, 1.165) is 70.4 Å². The van der Waals surface area contributed by atoms with E-state index in [-0.39, 0.29) is 29.6 Å². The number of rotatable bonds is 4. The minimum Gasteiger partial charge on any atom is -0.408 e. The first-order valence-electron chi connectivity index (χ1n) is 10.3. The summed E-state index contributed by atoms with van der Waals surface area (Å²) in [6.07, 6.45) is 6.35. The summed E-state index contributed by atoms with van der Waals surface area (Å²) in [7, 11) is 0. The van der Waals surface area contributed by atoms with Crippen LogP contribution in [-0.2, 0) is 4.74 Å². The van der Waals surface area contributed by atoms with Gasteiger partial charge in [0.2, 0.25) is 0 Å². The molecule has 0 N–H and O–H groups in total. The van der Waals surface area contributed by atoms with Crippen molar-refractivity contribution in [2.75, 3.05) is 19.7 Å². The number of halogens is 3. The molecule has 8 heteroatoms. The lowest BCUT2D eigenvalue weighted by molar-refractivity contribution is -0.0274. The van der Waals surface area contributed by atoms with E-state index in [2.05, 4.69) is 11.8 Å². The van der Waals surface area contributed by atoms with Crippen molar-refractivity contribution >= 4 is 23.5 Å². The highest BCUT2D eigenvalue weighted by Crippen LogP contribution is 2.38. The summed E-state index contributed by atoms with van der Waals surface area (Å²) in [5.41, 5.74) is 0.607. The highest BCUT2D eigenvalue weighted by molar-refractivity contribution is 5.85. The van der Waals surface area contributed by atoms with E-state index in [1.54, 1.807) is 0 Å². The molecule has 5 nitrogen and oxygen atoms in total. The number of benzene rings is 1. The third kappa shape index (κ3) is 4.23. The van der Waals surface area contributed by atoms with Crippen LogP contribution in [0.25, 0.3) is 11.1 Å². The van der Waals surface area contributed by atoms with Gasteiger partial charge in [-0.2, -0.15) is 0 Å². The number of nitrogens with zero attached hydrogens (tertiary/aromatic N) is 2. The van der Waals surface area contributed by atoms with Crippen molar-refractivity contribution in [3.8, 4) is 0 Å². The molecule has 0 amide bonds. The Balaban J connectivity index is 0.00000240. The molecule has 1 aromatic carbocycles. The van der Waals surface area contributed by atoms with E-state index in [1.807, 2.05) is 6.92 Å². The van der Waals surface area contributed by atoms with E-state index >= 15 is 0 Å². The molecule has 0 radical (unpaired) electrons. The van der Waals surface area contributed by atoms with Crippen molar-refractivity contribution in [1.29, 1.82) is 0 Å². The van der Waals surface area contributed by atoms with Gasteiger partial charge in [-0.05, 0) is 52.4 Å². The quantitative estimate of drug-likeness (QED) is 0.707. The lowest BCUT2D eigenvalue weighted by atomic mass is 9.79. The van der Waals surface area contributed by atoms with Crippen LogP contribution >= 0.6 is 12.4 Å². The van der Waals surface area contributed by atoms with Crippen molar-refractivity contribution < 1.29 is 17.9 Å². The largest absolute Gasteiger partial charge is 0.420 e. The summed E-state index contributed by atoms with van der Waals surface area (Å²) in [4.78, 5) is 14.9. The number of hydrogen-bond acceptors (Lipinski definition) is 4. The minimum atomic E-state index is -1.00. The maximum Gasteiger partial charge on any atom is 0.420 e. The standard InChI is InChI=1S/C21H28F2N2O3.ClH/c1-3-27-15-4-8-21(2,9-5-15)24-10-6-14(7-11-24)25-18-12-16(22)17(23)13-19(18)28-20(25)26;/h12-15H,3-11H2,1-2H3;1H/t15-,21-;. The van der Waals surface area contributed by atoms with Crippen molar-refractivity contribution in [3.05, 3.63) is 34.3 Å². The molecule has 1 aliphatic carbocycles. The summed E-state index contributed by atoms with van der Waals surface area (Å²) in [6, 6.07) is 1.96. The Morgan fingerprint density at radius 3 is 2.38 bits per heavy atom. The number of ether oxygens (including phenoxy) is 1. The Morgan fingerprint density at radius 1 is 1.14 bits per heavy atom. The zero-order valence-corrected chi connectivity index (χ0v) is 17.8. The van der Waals surface area contributed by atoms with Gasteiger partial charge in [0.25, 0.3) is 0 Å². The zero-order valence-electron chi connectivity index (χ0n) is 17.0. The molecular weight excluding hydrogens is 402 g/mol. The van der Waals surface area contributed by atoms with E-state index in [1.165, 1.54) is 4.57 Å². The van der Waals surface area contributed by atoms with Crippen LogP contribution in [0, 0.1) is 11.6 Å². The number of likely N-dealkylation sites (tertiary alicyclic amines) is 1. The lowest BCUT2D eigenvalue weighted by Crippen LogP contribution is -2.52. The van der Waals surface area contributed by atoms with Crippen molar-refractivity contribution in [3.63, 3.8) is 0 Å². The van der Waals surface area contributed by atoms with Gasteiger partial charge in [0, 0.05) is 43.4 Å². The van der Waals surface area contributed by atoms with Crippen molar-refractivity contribution in [2.45, 2.75) is 70.1 Å². The number of aromatic nitrogens is 1. The maximum atomic E-state index is 13.7. The predicted octanol–water partition coefficient (Wildman–Crippen LogP) is 4.67. The monoisotopic (exact) mass is 430 g/mol. The van der Waals surface area contributed by atoms with E-state index in [0.29, 0.717) is 11.6 Å². The van der Waals surface area contributed by atoms with Gasteiger partial charge in [0.1, 0.15) is 0 Å². The van der Waals surface area contributed by atoms with Gasteiger partial charge >= 0.3 is 5.76 Å². The average Bonchev–Trinajstić information content (AvgIpc) is 2.99. The molecule has 1 saturated heterocycles.